The van der Waals surface area contributed by atoms with Gasteiger partial charge in [-0.05, 0) is 113 Å². The van der Waals surface area contributed by atoms with Crippen LogP contribution >= 0.6 is 0 Å². The zero-order chi connectivity index (χ0) is 40.1. The molecule has 2 aromatic heterocycles. The highest BCUT2D eigenvalue weighted by atomic mass is 16.3. The molecule has 282 valence electrons. The molecule has 0 saturated carbocycles. The van der Waals surface area contributed by atoms with Gasteiger partial charge >= 0.3 is 0 Å². The average Bonchev–Trinajstić information content (AvgIpc) is 3.52. The highest BCUT2D eigenvalue weighted by Gasteiger charge is 2.36. The number of fused-ring (bicyclic) bond motifs is 9. The smallest absolute Gasteiger partial charge is 0.124 e. The van der Waals surface area contributed by atoms with E-state index in [1.165, 1.54) is 76.8 Å². The maximum Gasteiger partial charge on any atom is 0.124 e. The average molecular weight is 767 g/mol. The molecule has 0 spiro atoms. The molecule has 0 saturated heterocycles. The fourth-order valence-corrected chi connectivity index (χ4v) is 9.99. The van der Waals surface area contributed by atoms with Crippen LogP contribution in [0.1, 0.15) is 25.0 Å². The van der Waals surface area contributed by atoms with Gasteiger partial charge in [0.05, 0.1) is 22.4 Å². The summed E-state index contributed by atoms with van der Waals surface area (Å²) in [6.45, 7) is 4.72. The number of benzene rings is 9. The van der Waals surface area contributed by atoms with E-state index >= 15 is 0 Å². The summed E-state index contributed by atoms with van der Waals surface area (Å²) < 4.78 is 0. The largest absolute Gasteiger partial charge is 0.507 e. The highest BCUT2D eigenvalue weighted by molar-refractivity contribution is 6.23. The summed E-state index contributed by atoms with van der Waals surface area (Å²) in [5.74, 6) is 0.212. The van der Waals surface area contributed by atoms with Gasteiger partial charge in [0.2, 0.25) is 0 Å². The predicted octanol–water partition coefficient (Wildman–Crippen LogP) is 14.9. The van der Waals surface area contributed by atoms with E-state index in [0.717, 1.165) is 38.8 Å². The van der Waals surface area contributed by atoms with Crippen LogP contribution in [0.4, 0.5) is 0 Å². The summed E-state index contributed by atoms with van der Waals surface area (Å²) in [6.07, 6.45) is 0. The Hall–Kier alpha value is -7.62. The Kier molecular flexibility index (Phi) is 7.43. The van der Waals surface area contributed by atoms with Crippen LogP contribution in [0, 0.1) is 0 Å². The zero-order valence-corrected chi connectivity index (χ0v) is 33.2. The second kappa shape index (κ2) is 12.9. The molecule has 1 aliphatic rings. The van der Waals surface area contributed by atoms with E-state index in [9.17, 15) is 5.11 Å². The fourth-order valence-electron chi connectivity index (χ4n) is 9.99. The molecule has 0 atom stereocenters. The minimum atomic E-state index is -0.247. The molecular formula is C57H38N2O. The first-order valence-electron chi connectivity index (χ1n) is 20.6. The van der Waals surface area contributed by atoms with Crippen molar-refractivity contribution >= 4 is 54.1 Å². The number of phenolic OH excluding ortho intramolecular Hbond substituents is 1. The third-order valence-corrected chi connectivity index (χ3v) is 13.0. The number of hydrogen-bond acceptors (Lipinski definition) is 3. The number of rotatable bonds is 4. The summed E-state index contributed by atoms with van der Waals surface area (Å²) in [5.41, 5.74) is 15.1. The molecule has 0 aliphatic heterocycles. The molecule has 0 radical (unpaired) electrons. The molecule has 0 bridgehead atoms. The standard InChI is InChI=1S/C57H38N2O/c1-57(2)48-32-37(50-30-26-35-22-23-36-27-31-51(59-56(36)55(35)58-50)47-19-9-10-21-52(47)60)24-28-40(48)41-29-25-38(33-49(41)57)53-43-15-5-7-17-45(43)54(46-18-8-6-16-44(46)53)42-20-11-13-34-12-3-4-14-39(34)42/h3-33,60H,1-2H3. The van der Waals surface area contributed by atoms with E-state index in [4.69, 9.17) is 9.97 Å². The molecule has 1 aliphatic carbocycles. The molecule has 2 heterocycles. The van der Waals surface area contributed by atoms with Gasteiger partial charge in [0, 0.05) is 27.3 Å². The van der Waals surface area contributed by atoms with Crippen LogP contribution in [0.25, 0.3) is 110 Å². The van der Waals surface area contributed by atoms with E-state index < -0.39 is 0 Å². The van der Waals surface area contributed by atoms with Crippen LogP contribution < -0.4 is 0 Å². The quantitative estimate of drug-likeness (QED) is 0.143. The number of pyridine rings is 2. The van der Waals surface area contributed by atoms with E-state index in [0.29, 0.717) is 5.56 Å². The summed E-state index contributed by atoms with van der Waals surface area (Å²) in [5, 5.41) is 20.2. The Morgan fingerprint density at radius 2 is 0.850 bits per heavy atom. The van der Waals surface area contributed by atoms with Gasteiger partial charge in [-0.3, -0.25) is 0 Å². The molecular weight excluding hydrogens is 729 g/mol. The first kappa shape index (κ1) is 34.4. The minimum absolute atomic E-state index is 0.212. The summed E-state index contributed by atoms with van der Waals surface area (Å²) in [4.78, 5) is 10.3. The Morgan fingerprint density at radius 1 is 0.367 bits per heavy atom. The highest BCUT2D eigenvalue weighted by Crippen LogP contribution is 2.52. The normalized spacial score (nSPS) is 13.0. The number of para-hydroxylation sites is 1. The SMILES string of the molecule is CC1(C)c2cc(-c3ccc4ccc5ccc(-c6ccccc6O)nc5c4n3)ccc2-c2ccc(-c3c4ccccc4c(-c4cccc5ccccc45)c4ccccc34)cc21. The molecule has 3 nitrogen and oxygen atoms in total. The number of nitrogens with zero attached hydrogens (tertiary/aromatic N) is 2. The lowest BCUT2D eigenvalue weighted by atomic mass is 9.80. The van der Waals surface area contributed by atoms with E-state index in [-0.39, 0.29) is 11.2 Å². The third-order valence-electron chi connectivity index (χ3n) is 13.0. The van der Waals surface area contributed by atoms with Crippen molar-refractivity contribution in [2.75, 3.05) is 0 Å². The zero-order valence-electron chi connectivity index (χ0n) is 33.2. The van der Waals surface area contributed by atoms with Gasteiger partial charge in [0.1, 0.15) is 5.75 Å². The van der Waals surface area contributed by atoms with Crippen LogP contribution in [0.5, 0.6) is 5.75 Å². The molecule has 60 heavy (non-hydrogen) atoms. The molecule has 0 unspecified atom stereocenters. The van der Waals surface area contributed by atoms with Crippen molar-refractivity contribution < 1.29 is 5.11 Å². The topological polar surface area (TPSA) is 46.0 Å². The van der Waals surface area contributed by atoms with E-state index in [2.05, 4.69) is 172 Å². The summed E-state index contributed by atoms with van der Waals surface area (Å²) in [7, 11) is 0. The number of hydrogen-bond donors (Lipinski definition) is 1. The van der Waals surface area contributed by atoms with Crippen molar-refractivity contribution in [2.24, 2.45) is 0 Å². The molecule has 1 N–H and O–H groups in total. The predicted molar refractivity (Wildman–Crippen MR) is 251 cm³/mol. The van der Waals surface area contributed by atoms with Crippen LogP contribution in [-0.2, 0) is 5.41 Å². The maximum atomic E-state index is 10.6. The van der Waals surface area contributed by atoms with Crippen molar-refractivity contribution in [2.45, 2.75) is 19.3 Å². The molecule has 12 rings (SSSR count). The first-order chi connectivity index (χ1) is 29.4. The van der Waals surface area contributed by atoms with Crippen molar-refractivity contribution in [3.05, 3.63) is 199 Å². The number of aromatic hydroxyl groups is 1. The minimum Gasteiger partial charge on any atom is -0.507 e. The van der Waals surface area contributed by atoms with Crippen LogP contribution in [0.2, 0.25) is 0 Å². The van der Waals surface area contributed by atoms with Crippen LogP contribution in [-0.4, -0.2) is 15.1 Å². The van der Waals surface area contributed by atoms with Gasteiger partial charge in [0.15, 0.2) is 0 Å². The second-order valence-electron chi connectivity index (χ2n) is 16.6. The van der Waals surface area contributed by atoms with Crippen molar-refractivity contribution in [3.63, 3.8) is 0 Å². The Labute approximate surface area is 347 Å². The van der Waals surface area contributed by atoms with Crippen LogP contribution in [0.15, 0.2) is 188 Å². The first-order valence-corrected chi connectivity index (χ1v) is 20.6. The monoisotopic (exact) mass is 766 g/mol. The van der Waals surface area contributed by atoms with Crippen molar-refractivity contribution in [3.8, 4) is 61.6 Å². The summed E-state index contributed by atoms with van der Waals surface area (Å²) >= 11 is 0. The number of phenols is 1. The van der Waals surface area contributed by atoms with Crippen molar-refractivity contribution in [1.82, 2.24) is 9.97 Å². The van der Waals surface area contributed by atoms with Gasteiger partial charge in [-0.25, -0.2) is 9.97 Å². The van der Waals surface area contributed by atoms with Gasteiger partial charge in [0.25, 0.3) is 0 Å². The fraction of sp³-hybridized carbons (Fsp3) is 0.0526. The van der Waals surface area contributed by atoms with Gasteiger partial charge < -0.3 is 5.11 Å². The molecule has 0 amide bonds. The Morgan fingerprint density at radius 3 is 1.52 bits per heavy atom. The maximum absolute atomic E-state index is 10.6. The van der Waals surface area contributed by atoms with E-state index in [1.807, 2.05) is 24.3 Å². The molecule has 9 aromatic carbocycles. The van der Waals surface area contributed by atoms with Gasteiger partial charge in [-0.1, -0.05) is 166 Å². The lowest BCUT2D eigenvalue weighted by Gasteiger charge is -2.23. The van der Waals surface area contributed by atoms with E-state index in [1.54, 1.807) is 6.07 Å². The van der Waals surface area contributed by atoms with Gasteiger partial charge in [-0.15, -0.1) is 0 Å². The second-order valence-corrected chi connectivity index (χ2v) is 16.6. The van der Waals surface area contributed by atoms with Gasteiger partial charge in [-0.2, -0.15) is 0 Å². The Bertz CT molecular complexity index is 3540. The lowest BCUT2D eigenvalue weighted by molar-refractivity contribution is 0.477. The summed E-state index contributed by atoms with van der Waals surface area (Å²) in [6, 6.07) is 67.1. The Balaban J connectivity index is 0.985. The third kappa shape index (κ3) is 5.09. The molecule has 3 heteroatoms. The molecule has 0 fully saturated rings. The van der Waals surface area contributed by atoms with Crippen LogP contribution in [0.3, 0.4) is 0 Å². The lowest BCUT2D eigenvalue weighted by Crippen LogP contribution is -2.15. The number of aromatic nitrogens is 2. The molecule has 11 aromatic rings. The van der Waals surface area contributed by atoms with Crippen molar-refractivity contribution in [1.29, 1.82) is 0 Å².